The molecule has 0 saturated heterocycles. The highest BCUT2D eigenvalue weighted by Gasteiger charge is 2.07. The Labute approximate surface area is 117 Å². The molecule has 0 amide bonds. The second-order valence-corrected chi connectivity index (χ2v) is 5.01. The van der Waals surface area contributed by atoms with Crippen molar-refractivity contribution in [1.82, 2.24) is 0 Å². The minimum absolute atomic E-state index is 0.0382. The molecule has 0 atom stereocenters. The van der Waals surface area contributed by atoms with Crippen LogP contribution in [0.5, 0.6) is 0 Å². The van der Waals surface area contributed by atoms with Crippen molar-refractivity contribution in [3.05, 3.63) is 63.1 Å². The highest BCUT2D eigenvalue weighted by Crippen LogP contribution is 2.23. The Morgan fingerprint density at radius 3 is 2.67 bits per heavy atom. The van der Waals surface area contributed by atoms with Crippen molar-refractivity contribution in [1.29, 1.82) is 0 Å². The predicted molar refractivity (Wildman–Crippen MR) is 72.8 cm³/mol. The Morgan fingerprint density at radius 1 is 1.17 bits per heavy atom. The van der Waals surface area contributed by atoms with Gasteiger partial charge in [-0.3, -0.25) is 0 Å². The largest absolute Gasteiger partial charge is 0.378 e. The second kappa shape index (κ2) is 5.67. The lowest BCUT2D eigenvalue weighted by Gasteiger charge is -2.09. The number of hydrogen-bond donors (Lipinski definition) is 1. The lowest BCUT2D eigenvalue weighted by Crippen LogP contribution is -2.03. The fraction of sp³-hybridized carbons (Fsp3) is 0.0769. The molecule has 94 valence electrons. The minimum atomic E-state index is -0.531. The smallest absolute Gasteiger partial charge is 0.164 e. The minimum Gasteiger partial charge on any atom is -0.378 e. The summed E-state index contributed by atoms with van der Waals surface area (Å²) in [6.45, 7) is 0.191. The van der Waals surface area contributed by atoms with Crippen LogP contribution in [0.25, 0.3) is 0 Å². The maximum Gasteiger partial charge on any atom is 0.164 e. The molecule has 0 spiro atoms. The summed E-state index contributed by atoms with van der Waals surface area (Å²) in [4.78, 5) is 0. The van der Waals surface area contributed by atoms with Crippen molar-refractivity contribution in [3.8, 4) is 0 Å². The van der Waals surface area contributed by atoms with Crippen LogP contribution >= 0.6 is 27.5 Å². The average molecular weight is 333 g/mol. The van der Waals surface area contributed by atoms with Gasteiger partial charge in [-0.05, 0) is 24.3 Å². The highest BCUT2D eigenvalue weighted by atomic mass is 79.9. The molecule has 2 aromatic carbocycles. The summed E-state index contributed by atoms with van der Waals surface area (Å²) in [5, 5.41) is 2.85. The third kappa shape index (κ3) is 3.00. The van der Waals surface area contributed by atoms with E-state index < -0.39 is 5.82 Å². The lowest BCUT2D eigenvalue weighted by molar-refractivity contribution is 0.609. The van der Waals surface area contributed by atoms with Gasteiger partial charge in [0.2, 0.25) is 0 Å². The van der Waals surface area contributed by atoms with Gasteiger partial charge >= 0.3 is 0 Å². The molecular weight excluding hydrogens is 324 g/mol. The van der Waals surface area contributed by atoms with E-state index in [4.69, 9.17) is 11.6 Å². The molecule has 0 aliphatic heterocycles. The van der Waals surface area contributed by atoms with E-state index >= 15 is 0 Å². The Kier molecular flexibility index (Phi) is 4.19. The molecule has 2 rings (SSSR count). The van der Waals surface area contributed by atoms with Crippen LogP contribution in [-0.4, -0.2) is 0 Å². The van der Waals surface area contributed by atoms with E-state index in [1.54, 1.807) is 24.3 Å². The van der Waals surface area contributed by atoms with Crippen LogP contribution in [0.3, 0.4) is 0 Å². The monoisotopic (exact) mass is 331 g/mol. The van der Waals surface area contributed by atoms with Crippen molar-refractivity contribution >= 4 is 33.2 Å². The van der Waals surface area contributed by atoms with Gasteiger partial charge < -0.3 is 5.32 Å². The van der Waals surface area contributed by atoms with Gasteiger partial charge in [0.15, 0.2) is 5.82 Å². The van der Waals surface area contributed by atoms with E-state index in [2.05, 4.69) is 21.2 Å². The van der Waals surface area contributed by atoms with E-state index in [1.807, 2.05) is 0 Å². The first-order valence-corrected chi connectivity index (χ1v) is 6.37. The summed E-state index contributed by atoms with van der Waals surface area (Å²) in [5.41, 5.74) is 0.711. The fourth-order valence-corrected chi connectivity index (χ4v) is 2.00. The number of rotatable bonds is 3. The average Bonchev–Trinajstić information content (AvgIpc) is 2.33. The third-order valence-electron chi connectivity index (χ3n) is 2.44. The molecule has 0 unspecified atom stereocenters. The van der Waals surface area contributed by atoms with Crippen LogP contribution in [0.4, 0.5) is 14.5 Å². The molecule has 0 aliphatic rings. The molecular formula is C13H9BrClF2N. The van der Waals surface area contributed by atoms with Gasteiger partial charge in [0.1, 0.15) is 5.82 Å². The van der Waals surface area contributed by atoms with E-state index in [1.165, 1.54) is 12.1 Å². The predicted octanol–water partition coefficient (Wildman–Crippen LogP) is 4.99. The Bertz CT molecular complexity index is 575. The van der Waals surface area contributed by atoms with Crippen molar-refractivity contribution in [2.75, 3.05) is 5.32 Å². The molecule has 0 bridgehead atoms. The van der Waals surface area contributed by atoms with Gasteiger partial charge in [0.05, 0.1) is 10.7 Å². The fourth-order valence-electron chi connectivity index (χ4n) is 1.50. The van der Waals surface area contributed by atoms with Crippen LogP contribution in [-0.2, 0) is 6.54 Å². The number of halogens is 4. The van der Waals surface area contributed by atoms with E-state index in [0.29, 0.717) is 10.0 Å². The first-order chi connectivity index (χ1) is 8.58. The molecule has 0 aromatic heterocycles. The first-order valence-electron chi connectivity index (χ1n) is 5.20. The third-order valence-corrected chi connectivity index (χ3v) is 3.22. The van der Waals surface area contributed by atoms with Crippen LogP contribution in [0.1, 0.15) is 5.56 Å². The molecule has 5 heteroatoms. The van der Waals surface area contributed by atoms with Crippen molar-refractivity contribution in [2.45, 2.75) is 6.54 Å². The second-order valence-electron chi connectivity index (χ2n) is 3.69. The summed E-state index contributed by atoms with van der Waals surface area (Å²) >= 11 is 8.83. The maximum atomic E-state index is 13.6. The van der Waals surface area contributed by atoms with Crippen molar-refractivity contribution in [2.24, 2.45) is 0 Å². The van der Waals surface area contributed by atoms with Crippen LogP contribution in [0.2, 0.25) is 5.02 Å². The van der Waals surface area contributed by atoms with Gasteiger partial charge in [-0.1, -0.05) is 39.7 Å². The standard InChI is InChI=1S/C13H9BrClF2N/c14-9-5-4-8(11(16)6-9)7-18-12-3-1-2-10(15)13(12)17/h1-6,18H,7H2. The molecule has 0 saturated carbocycles. The van der Waals surface area contributed by atoms with Gasteiger partial charge in [-0.15, -0.1) is 0 Å². The Balaban J connectivity index is 2.14. The normalized spacial score (nSPS) is 10.4. The lowest BCUT2D eigenvalue weighted by atomic mass is 10.2. The number of benzene rings is 2. The summed E-state index contributed by atoms with van der Waals surface area (Å²) in [5.74, 6) is -0.879. The molecule has 0 aliphatic carbocycles. The Morgan fingerprint density at radius 2 is 1.94 bits per heavy atom. The number of anilines is 1. The van der Waals surface area contributed by atoms with E-state index in [-0.39, 0.29) is 23.1 Å². The zero-order chi connectivity index (χ0) is 13.1. The molecule has 0 radical (unpaired) electrons. The molecule has 18 heavy (non-hydrogen) atoms. The van der Waals surface area contributed by atoms with Crippen LogP contribution < -0.4 is 5.32 Å². The number of hydrogen-bond acceptors (Lipinski definition) is 1. The van der Waals surface area contributed by atoms with Crippen LogP contribution in [0, 0.1) is 11.6 Å². The zero-order valence-electron chi connectivity index (χ0n) is 9.18. The Hall–Kier alpha value is -1.13. The topological polar surface area (TPSA) is 12.0 Å². The summed E-state index contributed by atoms with van der Waals surface area (Å²) in [6.07, 6.45) is 0. The molecule has 0 heterocycles. The van der Waals surface area contributed by atoms with Gasteiger partial charge in [-0.25, -0.2) is 8.78 Å². The molecule has 1 nitrogen and oxygen atoms in total. The summed E-state index contributed by atoms with van der Waals surface area (Å²) in [6, 6.07) is 9.38. The maximum absolute atomic E-state index is 13.6. The highest BCUT2D eigenvalue weighted by molar-refractivity contribution is 9.10. The van der Waals surface area contributed by atoms with Gasteiger partial charge in [0, 0.05) is 16.6 Å². The van der Waals surface area contributed by atoms with E-state index in [0.717, 1.165) is 0 Å². The quantitative estimate of drug-likeness (QED) is 0.834. The van der Waals surface area contributed by atoms with Gasteiger partial charge in [0.25, 0.3) is 0 Å². The van der Waals surface area contributed by atoms with Crippen molar-refractivity contribution < 1.29 is 8.78 Å². The molecule has 0 fully saturated rings. The molecule has 2 aromatic rings. The summed E-state index contributed by atoms with van der Waals surface area (Å²) in [7, 11) is 0. The molecule has 1 N–H and O–H groups in total. The van der Waals surface area contributed by atoms with Gasteiger partial charge in [-0.2, -0.15) is 0 Å². The summed E-state index contributed by atoms with van der Waals surface area (Å²) < 4.78 is 27.8. The van der Waals surface area contributed by atoms with Crippen molar-refractivity contribution in [3.63, 3.8) is 0 Å². The zero-order valence-corrected chi connectivity index (χ0v) is 11.5. The van der Waals surface area contributed by atoms with Crippen LogP contribution in [0.15, 0.2) is 40.9 Å². The first kappa shape index (κ1) is 13.3. The van der Waals surface area contributed by atoms with E-state index in [9.17, 15) is 8.78 Å². The SMILES string of the molecule is Fc1cc(Br)ccc1CNc1cccc(Cl)c1F. The number of nitrogens with one attached hydrogen (secondary N) is 1.